The molecule has 5 rings (SSSR count). The zero-order valence-corrected chi connectivity index (χ0v) is 19.5. The lowest BCUT2D eigenvalue weighted by Crippen LogP contribution is -2.23. The van der Waals surface area contributed by atoms with Crippen molar-refractivity contribution in [3.63, 3.8) is 0 Å². The zero-order valence-electron chi connectivity index (χ0n) is 19.5. The van der Waals surface area contributed by atoms with Crippen molar-refractivity contribution in [2.24, 2.45) is 5.92 Å². The molecule has 0 unspecified atom stereocenters. The van der Waals surface area contributed by atoms with Crippen LogP contribution in [0.4, 0.5) is 0 Å². The Bertz CT molecular complexity index is 1320. The Morgan fingerprint density at radius 1 is 0.970 bits per heavy atom. The highest BCUT2D eigenvalue weighted by Gasteiger charge is 2.35. The Kier molecular flexibility index (Phi) is 5.72. The summed E-state index contributed by atoms with van der Waals surface area (Å²) in [5.74, 6) is 1.05. The number of hydrogen-bond donors (Lipinski definition) is 0. The lowest BCUT2D eigenvalue weighted by Gasteiger charge is -2.30. The van der Waals surface area contributed by atoms with Gasteiger partial charge in [0.1, 0.15) is 0 Å². The van der Waals surface area contributed by atoms with E-state index in [2.05, 4.69) is 63.2 Å². The number of benzene rings is 3. The SMILES string of the molecule is CC(C)[C@H]1CC[C@@H](C)c2c(-c3cccc4ccccc34)nn(C(=O)/C=C/c3ccccc3)c21. The van der Waals surface area contributed by atoms with E-state index < -0.39 is 0 Å². The minimum atomic E-state index is -0.0821. The summed E-state index contributed by atoms with van der Waals surface area (Å²) in [6, 6.07) is 24.7. The second kappa shape index (κ2) is 8.82. The lowest BCUT2D eigenvalue weighted by molar-refractivity contribution is 0.0947. The first-order valence-corrected chi connectivity index (χ1v) is 11.9. The van der Waals surface area contributed by atoms with Gasteiger partial charge in [0.05, 0.1) is 11.4 Å². The van der Waals surface area contributed by atoms with Gasteiger partial charge in [0.25, 0.3) is 5.91 Å². The van der Waals surface area contributed by atoms with Crippen molar-refractivity contribution in [3.05, 3.63) is 95.7 Å². The fourth-order valence-corrected chi connectivity index (χ4v) is 5.25. The first kappa shape index (κ1) is 21.4. The van der Waals surface area contributed by atoms with E-state index in [-0.39, 0.29) is 5.91 Å². The van der Waals surface area contributed by atoms with Crippen LogP contribution in [-0.4, -0.2) is 15.7 Å². The number of carbonyl (C=O) groups is 1. The quantitative estimate of drug-likeness (QED) is 0.309. The molecule has 0 bridgehead atoms. The zero-order chi connectivity index (χ0) is 22.9. The highest BCUT2D eigenvalue weighted by Crippen LogP contribution is 2.47. The Labute approximate surface area is 195 Å². The van der Waals surface area contributed by atoms with Gasteiger partial charge in [0.2, 0.25) is 0 Å². The van der Waals surface area contributed by atoms with Crippen LogP contribution in [0.15, 0.2) is 78.9 Å². The smallest absolute Gasteiger partial charge is 0.267 e. The molecular formula is C30H30N2O. The Balaban J connectivity index is 1.70. The summed E-state index contributed by atoms with van der Waals surface area (Å²) in [5, 5.41) is 7.39. The molecule has 0 saturated heterocycles. The first-order chi connectivity index (χ1) is 16.0. The van der Waals surface area contributed by atoms with Crippen LogP contribution in [-0.2, 0) is 0 Å². The molecule has 3 aromatic carbocycles. The van der Waals surface area contributed by atoms with Crippen LogP contribution in [0.1, 0.15) is 67.1 Å². The molecule has 1 heterocycles. The third kappa shape index (κ3) is 3.93. The van der Waals surface area contributed by atoms with Gasteiger partial charge >= 0.3 is 0 Å². The van der Waals surface area contributed by atoms with Gasteiger partial charge in [0, 0.05) is 23.1 Å². The Hall–Kier alpha value is -3.46. The Morgan fingerprint density at radius 2 is 1.70 bits per heavy atom. The number of carbonyl (C=O) groups excluding carboxylic acids is 1. The maximum absolute atomic E-state index is 13.5. The molecule has 1 aromatic heterocycles. The summed E-state index contributed by atoms with van der Waals surface area (Å²) in [5.41, 5.74) is 5.43. The molecule has 0 radical (unpaired) electrons. The van der Waals surface area contributed by atoms with E-state index in [4.69, 9.17) is 5.10 Å². The second-order valence-corrected chi connectivity index (χ2v) is 9.50. The number of nitrogens with zero attached hydrogens (tertiary/aromatic N) is 2. The van der Waals surface area contributed by atoms with Crippen LogP contribution in [0.3, 0.4) is 0 Å². The van der Waals surface area contributed by atoms with E-state index in [0.717, 1.165) is 35.4 Å². The molecule has 0 N–H and O–H groups in total. The summed E-state index contributed by atoms with van der Waals surface area (Å²) >= 11 is 0. The Morgan fingerprint density at radius 3 is 2.48 bits per heavy atom. The molecule has 0 aliphatic heterocycles. The highest BCUT2D eigenvalue weighted by atomic mass is 16.2. The molecule has 4 aromatic rings. The van der Waals surface area contributed by atoms with Gasteiger partial charge in [-0.1, -0.05) is 93.6 Å². The number of allylic oxidation sites excluding steroid dienone is 1. The predicted molar refractivity (Wildman–Crippen MR) is 136 cm³/mol. The molecule has 0 fully saturated rings. The van der Waals surface area contributed by atoms with E-state index in [9.17, 15) is 4.79 Å². The number of rotatable bonds is 4. The summed E-state index contributed by atoms with van der Waals surface area (Å²) < 4.78 is 1.70. The van der Waals surface area contributed by atoms with Crippen molar-refractivity contribution >= 4 is 22.8 Å². The summed E-state index contributed by atoms with van der Waals surface area (Å²) in [4.78, 5) is 13.5. The van der Waals surface area contributed by atoms with Crippen LogP contribution in [0, 0.1) is 5.92 Å². The van der Waals surface area contributed by atoms with Crippen LogP contribution >= 0.6 is 0 Å². The monoisotopic (exact) mass is 434 g/mol. The fourth-order valence-electron chi connectivity index (χ4n) is 5.25. The topological polar surface area (TPSA) is 34.9 Å². The molecule has 2 atom stereocenters. The minimum Gasteiger partial charge on any atom is -0.267 e. The van der Waals surface area contributed by atoms with Crippen molar-refractivity contribution in [1.29, 1.82) is 0 Å². The average molecular weight is 435 g/mol. The highest BCUT2D eigenvalue weighted by molar-refractivity contribution is 5.98. The maximum atomic E-state index is 13.5. The summed E-state index contributed by atoms with van der Waals surface area (Å²) in [7, 11) is 0. The van der Waals surface area contributed by atoms with Gasteiger partial charge in [-0.15, -0.1) is 0 Å². The van der Waals surface area contributed by atoms with Crippen LogP contribution in [0.5, 0.6) is 0 Å². The fraction of sp³-hybridized carbons (Fsp3) is 0.267. The van der Waals surface area contributed by atoms with E-state index >= 15 is 0 Å². The average Bonchev–Trinajstić information content (AvgIpc) is 3.24. The largest absolute Gasteiger partial charge is 0.271 e. The van der Waals surface area contributed by atoms with Crippen molar-refractivity contribution in [3.8, 4) is 11.3 Å². The number of hydrogen-bond acceptors (Lipinski definition) is 2. The minimum absolute atomic E-state index is 0.0821. The van der Waals surface area contributed by atoms with Crippen molar-refractivity contribution in [2.75, 3.05) is 0 Å². The van der Waals surface area contributed by atoms with Gasteiger partial charge in [-0.2, -0.15) is 5.10 Å². The molecule has 0 amide bonds. The maximum Gasteiger partial charge on any atom is 0.271 e. The normalized spacial score (nSPS) is 18.2. The standard InChI is InChI=1S/C30H30N2O/c1-20(2)24-18-16-21(3)28-29(26-15-9-13-23-12-7-8-14-25(23)26)31-32(30(24)28)27(33)19-17-22-10-5-4-6-11-22/h4-15,17,19-21,24H,16,18H2,1-3H3/b19-17+/t21-,24-/m1/s1. The molecule has 0 spiro atoms. The van der Waals surface area contributed by atoms with Crippen LogP contribution in [0.2, 0.25) is 0 Å². The molecule has 1 aliphatic carbocycles. The first-order valence-electron chi connectivity index (χ1n) is 11.9. The van der Waals surface area contributed by atoms with Gasteiger partial charge < -0.3 is 0 Å². The van der Waals surface area contributed by atoms with Crippen molar-refractivity contribution < 1.29 is 4.79 Å². The predicted octanol–water partition coefficient (Wildman–Crippen LogP) is 7.69. The summed E-state index contributed by atoms with van der Waals surface area (Å²) in [6.45, 7) is 6.79. The van der Waals surface area contributed by atoms with E-state index in [1.54, 1.807) is 10.8 Å². The van der Waals surface area contributed by atoms with Crippen LogP contribution in [0.25, 0.3) is 28.1 Å². The molecule has 33 heavy (non-hydrogen) atoms. The third-order valence-electron chi connectivity index (χ3n) is 6.99. The van der Waals surface area contributed by atoms with Gasteiger partial charge in [-0.25, -0.2) is 4.68 Å². The number of aromatic nitrogens is 2. The lowest BCUT2D eigenvalue weighted by atomic mass is 9.75. The van der Waals surface area contributed by atoms with Gasteiger partial charge in [-0.05, 0) is 47.1 Å². The molecule has 1 aliphatic rings. The second-order valence-electron chi connectivity index (χ2n) is 9.50. The molecule has 0 saturated carbocycles. The van der Waals surface area contributed by atoms with E-state index in [0.29, 0.717) is 17.8 Å². The molecular weight excluding hydrogens is 404 g/mol. The van der Waals surface area contributed by atoms with Crippen LogP contribution < -0.4 is 0 Å². The van der Waals surface area contributed by atoms with E-state index in [1.165, 1.54) is 16.3 Å². The number of fused-ring (bicyclic) bond motifs is 2. The summed E-state index contributed by atoms with van der Waals surface area (Å²) in [6.07, 6.45) is 5.74. The van der Waals surface area contributed by atoms with Crippen molar-refractivity contribution in [2.45, 2.75) is 45.4 Å². The molecule has 166 valence electrons. The molecule has 3 heteroatoms. The van der Waals surface area contributed by atoms with E-state index in [1.807, 2.05) is 36.4 Å². The van der Waals surface area contributed by atoms with Gasteiger partial charge in [0.15, 0.2) is 0 Å². The molecule has 3 nitrogen and oxygen atoms in total. The third-order valence-corrected chi connectivity index (χ3v) is 6.99. The van der Waals surface area contributed by atoms with Gasteiger partial charge in [-0.3, -0.25) is 4.79 Å². The van der Waals surface area contributed by atoms with Crippen molar-refractivity contribution in [1.82, 2.24) is 9.78 Å².